The normalized spacial score (nSPS) is 8.72. The van der Waals surface area contributed by atoms with Crippen molar-refractivity contribution >= 4 is 45.6 Å². The van der Waals surface area contributed by atoms with Crippen molar-refractivity contribution < 1.29 is 14.4 Å². The maximum atomic E-state index is 11.1. The van der Waals surface area contributed by atoms with Gasteiger partial charge in [-0.3, -0.25) is 14.4 Å². The smallest absolute Gasteiger partial charge is 0.247 e. The number of benzene rings is 2. The van der Waals surface area contributed by atoms with Crippen molar-refractivity contribution in [1.82, 2.24) is 0 Å². The van der Waals surface area contributed by atoms with Gasteiger partial charge < -0.3 is 16.8 Å². The lowest BCUT2D eigenvalue weighted by Gasteiger charge is -2.03. The molecule has 7 heteroatoms. The van der Waals surface area contributed by atoms with Crippen LogP contribution in [0.3, 0.4) is 0 Å². The molecular formula is C22H24ClN3O3. The van der Waals surface area contributed by atoms with Gasteiger partial charge in [0, 0.05) is 23.5 Å². The third-order valence-electron chi connectivity index (χ3n) is 3.11. The lowest BCUT2D eigenvalue weighted by molar-refractivity contribution is -0.114. The number of rotatable bonds is 6. The first kappa shape index (κ1) is 25.4. The number of amides is 1. The third-order valence-corrected chi connectivity index (χ3v) is 3.26. The lowest BCUT2D eigenvalue weighted by Crippen LogP contribution is -2.07. The van der Waals surface area contributed by atoms with E-state index in [4.69, 9.17) is 23.1 Å². The molecule has 0 radical (unpaired) electrons. The minimum Gasteiger partial charge on any atom is -0.399 e. The molecule has 0 saturated carbocycles. The van der Waals surface area contributed by atoms with E-state index in [-0.39, 0.29) is 11.7 Å². The van der Waals surface area contributed by atoms with Crippen LogP contribution in [0.2, 0.25) is 0 Å². The summed E-state index contributed by atoms with van der Waals surface area (Å²) in [7, 11) is 0. The zero-order chi connectivity index (χ0) is 22.2. The molecule has 5 N–H and O–H groups in total. The predicted molar refractivity (Wildman–Crippen MR) is 121 cm³/mol. The Bertz CT molecular complexity index is 783. The van der Waals surface area contributed by atoms with Gasteiger partial charge in [0.15, 0.2) is 5.78 Å². The largest absolute Gasteiger partial charge is 0.399 e. The SMILES string of the molecule is C=CC(=O)Cc1ccc(NC(=O)C=C)cc1.C=CC(=O)Cl.Nc1ccc(N)cc1. The highest BCUT2D eigenvalue weighted by Crippen LogP contribution is 2.10. The highest BCUT2D eigenvalue weighted by molar-refractivity contribution is 6.66. The van der Waals surface area contributed by atoms with Crippen LogP contribution in [-0.2, 0) is 20.8 Å². The molecule has 2 aromatic carbocycles. The molecule has 2 rings (SSSR count). The standard InChI is InChI=1S/C13H13NO2.C6H8N2.C3H3ClO/c1-3-12(15)9-10-5-7-11(8-6-10)14-13(16)4-2;7-5-1-2-6(8)4-3-5;1-2-3(4)5/h3-8H,1-2,9H2,(H,14,16);1-4H,7-8H2;2H,1H2. The number of hydrogen-bond acceptors (Lipinski definition) is 5. The van der Waals surface area contributed by atoms with Crippen LogP contribution in [0.4, 0.5) is 17.1 Å². The number of carbonyl (C=O) groups is 3. The fourth-order valence-corrected chi connectivity index (χ4v) is 1.67. The monoisotopic (exact) mass is 413 g/mol. The highest BCUT2D eigenvalue weighted by Gasteiger charge is 2.00. The Morgan fingerprint density at radius 2 is 1.28 bits per heavy atom. The molecule has 0 unspecified atom stereocenters. The minimum absolute atomic E-state index is 0.0251. The molecule has 0 aliphatic rings. The summed E-state index contributed by atoms with van der Waals surface area (Å²) in [6, 6.07) is 14.2. The highest BCUT2D eigenvalue weighted by atomic mass is 35.5. The molecule has 0 aliphatic carbocycles. The number of nitrogens with two attached hydrogens (primary N) is 2. The molecule has 0 saturated heterocycles. The van der Waals surface area contributed by atoms with Crippen LogP contribution in [0.25, 0.3) is 0 Å². The maximum Gasteiger partial charge on any atom is 0.247 e. The summed E-state index contributed by atoms with van der Waals surface area (Å²) in [5, 5.41) is 2.11. The molecule has 0 bridgehead atoms. The topological polar surface area (TPSA) is 115 Å². The number of allylic oxidation sites excluding steroid dienone is 2. The Hall–Kier alpha value is -3.64. The first-order chi connectivity index (χ1) is 13.7. The fourth-order valence-electron chi connectivity index (χ4n) is 1.67. The van der Waals surface area contributed by atoms with Crippen LogP contribution >= 0.6 is 11.6 Å². The Labute approximate surface area is 175 Å². The second kappa shape index (κ2) is 14.4. The molecule has 29 heavy (non-hydrogen) atoms. The van der Waals surface area contributed by atoms with Crippen molar-refractivity contribution in [2.75, 3.05) is 16.8 Å². The van der Waals surface area contributed by atoms with E-state index in [2.05, 4.69) is 25.1 Å². The summed E-state index contributed by atoms with van der Waals surface area (Å²) in [5.41, 5.74) is 13.8. The van der Waals surface area contributed by atoms with Gasteiger partial charge in [-0.25, -0.2) is 0 Å². The number of hydrogen-bond donors (Lipinski definition) is 3. The van der Waals surface area contributed by atoms with Crippen molar-refractivity contribution in [2.45, 2.75) is 6.42 Å². The van der Waals surface area contributed by atoms with E-state index in [0.29, 0.717) is 12.1 Å². The Balaban J connectivity index is 0.000000498. The number of nitrogens with one attached hydrogen (secondary N) is 1. The molecule has 0 fully saturated rings. The average Bonchev–Trinajstić information content (AvgIpc) is 2.72. The van der Waals surface area contributed by atoms with Crippen LogP contribution in [0, 0.1) is 0 Å². The summed E-state index contributed by atoms with van der Waals surface area (Å²) in [4.78, 5) is 31.5. The molecule has 0 aliphatic heterocycles. The van der Waals surface area contributed by atoms with E-state index in [1.807, 2.05) is 0 Å². The van der Waals surface area contributed by atoms with Gasteiger partial charge in [-0.05, 0) is 71.8 Å². The van der Waals surface area contributed by atoms with Crippen LogP contribution in [0.15, 0.2) is 86.5 Å². The van der Waals surface area contributed by atoms with Crippen LogP contribution < -0.4 is 16.8 Å². The molecule has 6 nitrogen and oxygen atoms in total. The summed E-state index contributed by atoms with van der Waals surface area (Å²) in [6.07, 6.45) is 3.88. The second-order valence-corrected chi connectivity index (χ2v) is 5.78. The van der Waals surface area contributed by atoms with Crippen LogP contribution in [0.1, 0.15) is 5.56 Å². The summed E-state index contributed by atoms with van der Waals surface area (Å²) >= 11 is 4.71. The molecule has 0 spiro atoms. The zero-order valence-electron chi connectivity index (χ0n) is 15.9. The van der Waals surface area contributed by atoms with E-state index in [9.17, 15) is 14.4 Å². The van der Waals surface area contributed by atoms with E-state index in [0.717, 1.165) is 23.0 Å². The lowest BCUT2D eigenvalue weighted by atomic mass is 10.1. The van der Waals surface area contributed by atoms with Gasteiger partial charge in [0.1, 0.15) is 0 Å². The second-order valence-electron chi connectivity index (χ2n) is 5.41. The van der Waals surface area contributed by atoms with Crippen molar-refractivity contribution in [3.05, 3.63) is 92.1 Å². The first-order valence-electron chi connectivity index (χ1n) is 8.32. The van der Waals surface area contributed by atoms with E-state index in [1.54, 1.807) is 48.5 Å². The van der Waals surface area contributed by atoms with E-state index in [1.165, 1.54) is 12.2 Å². The van der Waals surface area contributed by atoms with Gasteiger partial charge >= 0.3 is 0 Å². The van der Waals surface area contributed by atoms with Crippen molar-refractivity contribution in [3.8, 4) is 0 Å². The van der Waals surface area contributed by atoms with Crippen LogP contribution in [0.5, 0.6) is 0 Å². The van der Waals surface area contributed by atoms with Gasteiger partial charge in [0.2, 0.25) is 11.1 Å². The number of anilines is 3. The van der Waals surface area contributed by atoms with Gasteiger partial charge in [0.25, 0.3) is 0 Å². The maximum absolute atomic E-state index is 11.1. The van der Waals surface area contributed by atoms with Gasteiger partial charge in [-0.2, -0.15) is 0 Å². The van der Waals surface area contributed by atoms with E-state index < -0.39 is 5.24 Å². The molecule has 1 amide bonds. The quantitative estimate of drug-likeness (QED) is 0.377. The van der Waals surface area contributed by atoms with Crippen molar-refractivity contribution in [2.24, 2.45) is 0 Å². The molecular weight excluding hydrogens is 390 g/mol. The van der Waals surface area contributed by atoms with Crippen molar-refractivity contribution in [3.63, 3.8) is 0 Å². The van der Waals surface area contributed by atoms with Gasteiger partial charge in [-0.1, -0.05) is 31.9 Å². The number of ketones is 1. The molecule has 2 aromatic rings. The summed E-state index contributed by atoms with van der Waals surface area (Å²) in [5.74, 6) is -0.280. The number of halogens is 1. The Morgan fingerprint density at radius 1 is 0.828 bits per heavy atom. The Kier molecular flexibility index (Phi) is 12.6. The minimum atomic E-state index is -0.509. The van der Waals surface area contributed by atoms with E-state index >= 15 is 0 Å². The van der Waals surface area contributed by atoms with Gasteiger partial charge in [-0.15, -0.1) is 0 Å². The summed E-state index contributed by atoms with van der Waals surface area (Å²) in [6.45, 7) is 9.84. The average molecular weight is 414 g/mol. The summed E-state index contributed by atoms with van der Waals surface area (Å²) < 4.78 is 0. The van der Waals surface area contributed by atoms with Gasteiger partial charge in [0.05, 0.1) is 0 Å². The molecule has 0 aromatic heterocycles. The molecule has 0 heterocycles. The van der Waals surface area contributed by atoms with Crippen LogP contribution in [-0.4, -0.2) is 16.9 Å². The third kappa shape index (κ3) is 13.2. The molecule has 152 valence electrons. The molecule has 0 atom stereocenters. The number of nitrogen functional groups attached to an aromatic ring is 2. The Morgan fingerprint density at radius 3 is 1.62 bits per heavy atom. The predicted octanol–water partition coefficient (Wildman–Crippen LogP) is 3.90. The fraction of sp³-hybridized carbons (Fsp3) is 0.0455. The first-order valence-corrected chi connectivity index (χ1v) is 8.70. The van der Waals surface area contributed by atoms with Crippen molar-refractivity contribution in [1.29, 1.82) is 0 Å². The zero-order valence-corrected chi connectivity index (χ0v) is 16.7. The number of carbonyl (C=O) groups excluding carboxylic acids is 3.